The second-order valence-electron chi connectivity index (χ2n) is 5.38. The van der Waals surface area contributed by atoms with Crippen molar-refractivity contribution in [3.8, 4) is 5.88 Å². The maximum absolute atomic E-state index is 11.8. The summed E-state index contributed by atoms with van der Waals surface area (Å²) in [4.78, 5) is 4.05. The third-order valence-corrected chi connectivity index (χ3v) is 4.51. The van der Waals surface area contributed by atoms with Crippen molar-refractivity contribution >= 4 is 22.4 Å². The van der Waals surface area contributed by atoms with Crippen LogP contribution < -0.4 is 10.2 Å². The van der Waals surface area contributed by atoms with Gasteiger partial charge in [0, 0.05) is 17.9 Å². The summed E-state index contributed by atoms with van der Waals surface area (Å²) in [6.45, 7) is 9.76. The van der Waals surface area contributed by atoms with E-state index >= 15 is 0 Å². The van der Waals surface area contributed by atoms with Crippen LogP contribution in [0.1, 0.15) is 34.6 Å². The van der Waals surface area contributed by atoms with E-state index in [1.807, 2.05) is 34.6 Å². The molecule has 1 aromatic rings. The predicted molar refractivity (Wildman–Crippen MR) is 86.3 cm³/mol. The lowest BCUT2D eigenvalue weighted by Crippen LogP contribution is -2.35. The van der Waals surface area contributed by atoms with Gasteiger partial charge in [-0.05, 0) is 26.8 Å². The summed E-state index contributed by atoms with van der Waals surface area (Å²) in [7, 11) is -2.69. The zero-order valence-electron chi connectivity index (χ0n) is 14.2. The van der Waals surface area contributed by atoms with E-state index in [-0.39, 0.29) is 16.9 Å². The quantitative estimate of drug-likeness (QED) is 0.781. The van der Waals surface area contributed by atoms with E-state index in [0.29, 0.717) is 5.46 Å². The fourth-order valence-corrected chi connectivity index (χ4v) is 2.69. The van der Waals surface area contributed by atoms with Crippen LogP contribution in [0.5, 0.6) is 5.88 Å². The van der Waals surface area contributed by atoms with Gasteiger partial charge in [-0.25, -0.2) is 13.4 Å². The van der Waals surface area contributed by atoms with Crippen LogP contribution in [0.3, 0.4) is 0 Å². The van der Waals surface area contributed by atoms with E-state index in [0.717, 1.165) is 6.26 Å². The van der Waals surface area contributed by atoms with Crippen LogP contribution in [-0.4, -0.2) is 45.6 Å². The van der Waals surface area contributed by atoms with Gasteiger partial charge in [0.15, 0.2) is 9.84 Å². The lowest BCUT2D eigenvalue weighted by Gasteiger charge is -2.21. The molecule has 1 aromatic heterocycles. The number of hydrogen-bond acceptors (Lipinski definition) is 6. The van der Waals surface area contributed by atoms with Gasteiger partial charge < -0.3 is 14.0 Å². The standard InChI is InChI=1S/C12H18BNO5S.C2H6/c1-8-12(2,3)19-13(18-8)9-6-10(20(5,15)16)11(17-4)14-7-9;1-2/h6-8H,1-5H3;1-2H3. The van der Waals surface area contributed by atoms with Crippen LogP contribution in [0.25, 0.3) is 0 Å². The number of rotatable bonds is 3. The lowest BCUT2D eigenvalue weighted by molar-refractivity contribution is 0.0842. The Morgan fingerprint density at radius 1 is 1.36 bits per heavy atom. The lowest BCUT2D eigenvalue weighted by atomic mass is 9.80. The molecule has 0 saturated carbocycles. The van der Waals surface area contributed by atoms with E-state index in [4.69, 9.17) is 14.0 Å². The highest BCUT2D eigenvalue weighted by Crippen LogP contribution is 2.27. The number of aromatic nitrogens is 1. The van der Waals surface area contributed by atoms with Crippen LogP contribution in [0, 0.1) is 0 Å². The van der Waals surface area contributed by atoms with Crippen molar-refractivity contribution in [3.05, 3.63) is 12.3 Å². The maximum Gasteiger partial charge on any atom is 0.496 e. The number of nitrogens with zero attached hydrogens (tertiary/aromatic N) is 1. The normalized spacial score (nSPS) is 20.3. The largest absolute Gasteiger partial charge is 0.496 e. The topological polar surface area (TPSA) is 74.7 Å². The molecule has 1 unspecified atom stereocenters. The average molecular weight is 329 g/mol. The van der Waals surface area contributed by atoms with Crippen LogP contribution in [0.2, 0.25) is 0 Å². The zero-order chi connectivity index (χ0) is 17.1. The van der Waals surface area contributed by atoms with E-state index < -0.39 is 22.6 Å². The molecule has 0 radical (unpaired) electrons. The summed E-state index contributed by atoms with van der Waals surface area (Å²) in [5, 5.41) is 0. The first-order chi connectivity index (χ1) is 10.1. The Balaban J connectivity index is 0.00000116. The third-order valence-electron chi connectivity index (χ3n) is 3.42. The molecule has 2 rings (SSSR count). The maximum atomic E-state index is 11.8. The van der Waals surface area contributed by atoms with Crippen molar-refractivity contribution in [2.75, 3.05) is 13.4 Å². The minimum Gasteiger partial charge on any atom is -0.480 e. The highest BCUT2D eigenvalue weighted by Gasteiger charge is 2.44. The van der Waals surface area contributed by atoms with Gasteiger partial charge >= 0.3 is 7.12 Å². The van der Waals surface area contributed by atoms with E-state index in [9.17, 15) is 8.42 Å². The van der Waals surface area contributed by atoms with Gasteiger partial charge in [-0.3, -0.25) is 0 Å². The van der Waals surface area contributed by atoms with E-state index in [1.54, 1.807) is 0 Å². The van der Waals surface area contributed by atoms with Crippen molar-refractivity contribution in [2.24, 2.45) is 0 Å². The predicted octanol–water partition coefficient (Wildman–Crippen LogP) is 1.43. The third kappa shape index (κ3) is 4.00. The Labute approximate surface area is 133 Å². The highest BCUT2D eigenvalue weighted by molar-refractivity contribution is 7.90. The Morgan fingerprint density at radius 3 is 2.36 bits per heavy atom. The Morgan fingerprint density at radius 2 is 1.95 bits per heavy atom. The van der Waals surface area contributed by atoms with Crippen LogP contribution in [-0.2, 0) is 19.1 Å². The molecule has 6 nitrogen and oxygen atoms in total. The fraction of sp³-hybridized carbons (Fsp3) is 0.643. The molecule has 0 spiro atoms. The van der Waals surface area contributed by atoms with Gasteiger partial charge in [0.05, 0.1) is 18.8 Å². The highest BCUT2D eigenvalue weighted by atomic mass is 32.2. The summed E-state index contributed by atoms with van der Waals surface area (Å²) in [6, 6.07) is 1.49. The first-order valence-corrected chi connectivity index (χ1v) is 9.11. The Kier molecular flexibility index (Phi) is 6.00. The molecule has 0 bridgehead atoms. The monoisotopic (exact) mass is 329 g/mol. The summed E-state index contributed by atoms with van der Waals surface area (Å²) >= 11 is 0. The molecule has 8 heteroatoms. The molecule has 1 aliphatic rings. The van der Waals surface area contributed by atoms with E-state index in [1.165, 1.54) is 19.4 Å². The molecule has 0 amide bonds. The molecule has 22 heavy (non-hydrogen) atoms. The SMILES string of the molecule is CC.COc1ncc(B2OC(C)C(C)(C)O2)cc1S(C)(=O)=O. The molecule has 0 N–H and O–H groups in total. The minimum atomic E-state index is -3.44. The molecule has 2 heterocycles. The van der Waals surface area contributed by atoms with Crippen molar-refractivity contribution in [1.29, 1.82) is 0 Å². The van der Waals surface area contributed by atoms with Gasteiger partial charge in [0.2, 0.25) is 5.88 Å². The number of sulfone groups is 1. The molecule has 1 saturated heterocycles. The minimum absolute atomic E-state index is 0.0297. The van der Waals surface area contributed by atoms with Gasteiger partial charge in [-0.2, -0.15) is 0 Å². The van der Waals surface area contributed by atoms with Crippen molar-refractivity contribution in [2.45, 2.75) is 51.2 Å². The summed E-state index contributed by atoms with van der Waals surface area (Å²) in [5.74, 6) is 0.0709. The first kappa shape index (κ1) is 18.9. The van der Waals surface area contributed by atoms with Gasteiger partial charge in [-0.1, -0.05) is 13.8 Å². The molecule has 1 aliphatic heterocycles. The van der Waals surface area contributed by atoms with Gasteiger partial charge in [0.1, 0.15) is 4.90 Å². The Hall–Kier alpha value is -1.12. The molecule has 0 aliphatic carbocycles. The van der Waals surface area contributed by atoms with Crippen LogP contribution >= 0.6 is 0 Å². The molecule has 1 fully saturated rings. The fourth-order valence-electron chi connectivity index (χ4n) is 1.89. The summed E-state index contributed by atoms with van der Waals surface area (Å²) < 4.78 is 40.0. The first-order valence-electron chi connectivity index (χ1n) is 7.22. The number of hydrogen-bond donors (Lipinski definition) is 0. The Bertz CT molecular complexity index is 618. The molecular weight excluding hydrogens is 305 g/mol. The smallest absolute Gasteiger partial charge is 0.480 e. The summed E-state index contributed by atoms with van der Waals surface area (Å²) in [5.41, 5.74) is 0.124. The van der Waals surface area contributed by atoms with Gasteiger partial charge in [-0.15, -0.1) is 0 Å². The van der Waals surface area contributed by atoms with Crippen molar-refractivity contribution in [3.63, 3.8) is 0 Å². The van der Waals surface area contributed by atoms with Crippen molar-refractivity contribution in [1.82, 2.24) is 4.98 Å². The average Bonchev–Trinajstić information content (AvgIpc) is 2.73. The number of ether oxygens (including phenoxy) is 1. The van der Waals surface area contributed by atoms with Gasteiger partial charge in [0.25, 0.3) is 0 Å². The van der Waals surface area contributed by atoms with Crippen LogP contribution in [0.4, 0.5) is 0 Å². The van der Waals surface area contributed by atoms with Crippen molar-refractivity contribution < 1.29 is 22.5 Å². The second-order valence-corrected chi connectivity index (χ2v) is 7.36. The number of pyridine rings is 1. The van der Waals surface area contributed by atoms with Crippen LogP contribution in [0.15, 0.2) is 17.2 Å². The molecule has 124 valence electrons. The van der Waals surface area contributed by atoms with E-state index in [2.05, 4.69) is 4.98 Å². The second kappa shape index (κ2) is 6.98. The zero-order valence-corrected chi connectivity index (χ0v) is 15.0. The molecular formula is C14H24BNO5S. The molecule has 1 atom stereocenters. The number of methoxy groups -OCH3 is 1. The summed E-state index contributed by atoms with van der Waals surface area (Å²) in [6.07, 6.45) is 2.52. The molecule has 0 aromatic carbocycles.